The zero-order valence-electron chi connectivity index (χ0n) is 16.3. The van der Waals surface area contributed by atoms with Crippen LogP contribution in [-0.2, 0) is 11.4 Å². The second-order valence-corrected chi connectivity index (χ2v) is 8.53. The number of rotatable bonds is 6. The van der Waals surface area contributed by atoms with Crippen molar-refractivity contribution in [3.05, 3.63) is 85.8 Å². The van der Waals surface area contributed by atoms with E-state index >= 15 is 0 Å². The third kappa shape index (κ3) is 4.49. The Bertz CT molecular complexity index is 1190. The molecule has 2 heterocycles. The van der Waals surface area contributed by atoms with Crippen LogP contribution in [0.3, 0.4) is 0 Å². The number of aromatic nitrogens is 1. The van der Waals surface area contributed by atoms with E-state index in [1.54, 1.807) is 11.6 Å². The van der Waals surface area contributed by atoms with Gasteiger partial charge in [-0.2, -0.15) is 0 Å². The highest BCUT2D eigenvalue weighted by Gasteiger charge is 2.35. The third-order valence-corrected chi connectivity index (χ3v) is 6.08. The van der Waals surface area contributed by atoms with Gasteiger partial charge in [0.25, 0.3) is 11.6 Å². The Morgan fingerprint density at radius 1 is 1.26 bits per heavy atom. The number of hydrogen-bond donors (Lipinski definition) is 1. The standard InChI is InChI=1S/C21H16N4O4S2/c1-13-2-4-14(5-3-13)12-29-17-7-6-16(25(27)28)10-15(17)11-18-19(26)24(20(22)31-18)21-23-8-9-30-21/h2-11,22H,12H2,1H3/b18-11-,22-20?. The molecule has 0 radical (unpaired) electrons. The average Bonchev–Trinajstić information content (AvgIpc) is 3.36. The number of ether oxygens (including phenoxy) is 1. The first-order valence-corrected chi connectivity index (χ1v) is 10.8. The molecule has 0 saturated carbocycles. The molecule has 8 nitrogen and oxygen atoms in total. The van der Waals surface area contributed by atoms with Crippen molar-refractivity contribution in [1.29, 1.82) is 5.41 Å². The molecule has 1 N–H and O–H groups in total. The van der Waals surface area contributed by atoms with Gasteiger partial charge < -0.3 is 4.74 Å². The Hall–Kier alpha value is -3.50. The molecule has 0 bridgehead atoms. The minimum absolute atomic E-state index is 0.0266. The molecule has 0 spiro atoms. The molecule has 10 heteroatoms. The lowest BCUT2D eigenvalue weighted by Crippen LogP contribution is -2.27. The van der Waals surface area contributed by atoms with Crippen molar-refractivity contribution in [2.45, 2.75) is 13.5 Å². The minimum atomic E-state index is -0.501. The van der Waals surface area contributed by atoms with Gasteiger partial charge in [0, 0.05) is 29.3 Å². The second kappa shape index (κ2) is 8.70. The lowest BCUT2D eigenvalue weighted by Gasteiger charge is -2.11. The van der Waals surface area contributed by atoms with E-state index in [4.69, 9.17) is 10.1 Å². The number of amides is 1. The van der Waals surface area contributed by atoms with Gasteiger partial charge in [0.2, 0.25) is 0 Å². The van der Waals surface area contributed by atoms with Gasteiger partial charge in [-0.05, 0) is 36.4 Å². The van der Waals surface area contributed by atoms with Crippen molar-refractivity contribution in [3.63, 3.8) is 0 Å². The second-order valence-electron chi connectivity index (χ2n) is 6.62. The van der Waals surface area contributed by atoms with E-state index in [9.17, 15) is 14.9 Å². The number of amidine groups is 1. The van der Waals surface area contributed by atoms with Gasteiger partial charge in [0.05, 0.1) is 9.83 Å². The predicted octanol–water partition coefficient (Wildman–Crippen LogP) is 4.99. The van der Waals surface area contributed by atoms with Crippen LogP contribution in [0.25, 0.3) is 6.08 Å². The summed E-state index contributed by atoms with van der Waals surface area (Å²) in [4.78, 5) is 29.2. The van der Waals surface area contributed by atoms with Crippen molar-refractivity contribution in [2.24, 2.45) is 0 Å². The number of aryl methyl sites for hydroxylation is 1. The molecule has 1 aliphatic rings. The highest BCUT2D eigenvalue weighted by molar-refractivity contribution is 8.19. The monoisotopic (exact) mass is 452 g/mol. The zero-order valence-corrected chi connectivity index (χ0v) is 17.9. The Labute approximate surface area is 185 Å². The number of thioether (sulfide) groups is 1. The normalized spacial score (nSPS) is 15.0. The number of non-ortho nitro benzene ring substituents is 1. The highest BCUT2D eigenvalue weighted by atomic mass is 32.2. The van der Waals surface area contributed by atoms with E-state index in [2.05, 4.69) is 4.98 Å². The van der Waals surface area contributed by atoms with Gasteiger partial charge in [-0.1, -0.05) is 29.8 Å². The number of benzene rings is 2. The Morgan fingerprint density at radius 3 is 2.71 bits per heavy atom. The highest BCUT2D eigenvalue weighted by Crippen LogP contribution is 2.37. The van der Waals surface area contributed by atoms with Gasteiger partial charge in [-0.25, -0.2) is 9.88 Å². The van der Waals surface area contributed by atoms with Crippen LogP contribution in [-0.4, -0.2) is 21.0 Å². The lowest BCUT2D eigenvalue weighted by atomic mass is 10.1. The van der Waals surface area contributed by atoms with Crippen molar-refractivity contribution in [2.75, 3.05) is 4.90 Å². The van der Waals surface area contributed by atoms with Crippen LogP contribution in [0.2, 0.25) is 0 Å². The Morgan fingerprint density at radius 2 is 2.03 bits per heavy atom. The molecule has 2 aromatic carbocycles. The van der Waals surface area contributed by atoms with Gasteiger partial charge in [0.1, 0.15) is 12.4 Å². The number of nitro benzene ring substituents is 1. The molecular weight excluding hydrogens is 436 g/mol. The summed E-state index contributed by atoms with van der Waals surface area (Å²) in [5, 5.41) is 21.5. The van der Waals surface area contributed by atoms with E-state index in [1.807, 2.05) is 31.2 Å². The van der Waals surface area contributed by atoms with Crippen molar-refractivity contribution in [3.8, 4) is 5.75 Å². The van der Waals surface area contributed by atoms with Gasteiger partial charge in [0.15, 0.2) is 10.3 Å². The topological polar surface area (TPSA) is 109 Å². The van der Waals surface area contributed by atoms with Crippen LogP contribution >= 0.6 is 23.1 Å². The average molecular weight is 453 g/mol. The van der Waals surface area contributed by atoms with Gasteiger partial charge in [-0.15, -0.1) is 11.3 Å². The summed E-state index contributed by atoms with van der Waals surface area (Å²) in [7, 11) is 0. The fourth-order valence-electron chi connectivity index (χ4n) is 2.87. The van der Waals surface area contributed by atoms with Crippen LogP contribution in [0.1, 0.15) is 16.7 Å². The number of carbonyl (C=O) groups excluding carboxylic acids is 1. The molecule has 3 aromatic rings. The molecule has 0 aliphatic carbocycles. The quantitative estimate of drug-likeness (QED) is 0.320. The van der Waals surface area contributed by atoms with Crippen LogP contribution in [0.5, 0.6) is 5.75 Å². The van der Waals surface area contributed by atoms with Crippen molar-refractivity contribution in [1.82, 2.24) is 4.98 Å². The van der Waals surface area contributed by atoms with Crippen LogP contribution in [0.15, 0.2) is 58.9 Å². The number of nitrogens with one attached hydrogen (secondary N) is 1. The number of anilines is 1. The molecule has 1 amide bonds. The maximum absolute atomic E-state index is 12.8. The summed E-state index contributed by atoms with van der Waals surface area (Å²) in [6.45, 7) is 2.27. The van der Waals surface area contributed by atoms with Crippen LogP contribution in [0.4, 0.5) is 10.8 Å². The molecule has 1 aliphatic heterocycles. The number of carbonyl (C=O) groups is 1. The van der Waals surface area contributed by atoms with E-state index in [1.165, 1.54) is 40.5 Å². The molecule has 1 fully saturated rings. The van der Waals surface area contributed by atoms with Crippen LogP contribution in [0, 0.1) is 22.4 Å². The maximum atomic E-state index is 12.8. The number of nitrogens with zero attached hydrogens (tertiary/aromatic N) is 3. The number of nitro groups is 1. The fourth-order valence-corrected chi connectivity index (χ4v) is 4.40. The van der Waals surface area contributed by atoms with E-state index < -0.39 is 10.8 Å². The summed E-state index contributed by atoms with van der Waals surface area (Å²) in [6, 6.07) is 12.1. The SMILES string of the molecule is Cc1ccc(COc2ccc([N+](=O)[O-])cc2/C=C2\SC(=N)N(c3nccs3)C2=O)cc1. The zero-order chi connectivity index (χ0) is 22.0. The van der Waals surface area contributed by atoms with E-state index in [0.717, 1.165) is 22.9 Å². The smallest absolute Gasteiger partial charge is 0.273 e. The number of thiazole rings is 1. The molecule has 1 aromatic heterocycles. The lowest BCUT2D eigenvalue weighted by molar-refractivity contribution is -0.384. The number of hydrogen-bond acceptors (Lipinski definition) is 8. The van der Waals surface area contributed by atoms with Crippen LogP contribution < -0.4 is 9.64 Å². The summed E-state index contributed by atoms with van der Waals surface area (Å²) < 4.78 is 5.90. The molecule has 156 valence electrons. The summed E-state index contributed by atoms with van der Waals surface area (Å²) in [6.07, 6.45) is 3.08. The third-order valence-electron chi connectivity index (χ3n) is 4.44. The minimum Gasteiger partial charge on any atom is -0.488 e. The maximum Gasteiger partial charge on any atom is 0.273 e. The van der Waals surface area contributed by atoms with Crippen molar-refractivity contribution >= 4 is 51.1 Å². The summed E-state index contributed by atoms with van der Waals surface area (Å²) in [5.74, 6) is 0.00671. The van der Waals surface area contributed by atoms with Crippen molar-refractivity contribution < 1.29 is 14.5 Å². The Balaban J connectivity index is 1.65. The molecule has 0 unspecified atom stereocenters. The first kappa shape index (κ1) is 20.8. The fraction of sp³-hybridized carbons (Fsp3) is 0.0952. The molecular formula is C21H16N4O4S2. The first-order chi connectivity index (χ1) is 14.9. The van der Waals surface area contributed by atoms with E-state index in [0.29, 0.717) is 16.4 Å². The van der Waals surface area contributed by atoms with Gasteiger partial charge in [-0.3, -0.25) is 20.3 Å². The molecule has 1 saturated heterocycles. The first-order valence-electron chi connectivity index (χ1n) is 9.11. The summed E-state index contributed by atoms with van der Waals surface area (Å²) >= 11 is 2.23. The molecule has 31 heavy (non-hydrogen) atoms. The molecule has 4 rings (SSSR count). The van der Waals surface area contributed by atoms with E-state index in [-0.39, 0.29) is 22.4 Å². The Kier molecular flexibility index (Phi) is 5.83. The largest absolute Gasteiger partial charge is 0.488 e. The molecule has 0 atom stereocenters. The van der Waals surface area contributed by atoms with Gasteiger partial charge >= 0.3 is 0 Å². The predicted molar refractivity (Wildman–Crippen MR) is 122 cm³/mol. The summed E-state index contributed by atoms with van der Waals surface area (Å²) in [5.41, 5.74) is 2.36.